The van der Waals surface area contributed by atoms with E-state index in [9.17, 15) is 14.4 Å². The zero-order valence-corrected chi connectivity index (χ0v) is 15.9. The van der Waals surface area contributed by atoms with E-state index >= 15 is 0 Å². The quantitative estimate of drug-likeness (QED) is 0.314. The van der Waals surface area contributed by atoms with Crippen molar-refractivity contribution in [1.82, 2.24) is 4.90 Å². The number of nitrogens with zero attached hydrogens (tertiary/aromatic N) is 1. The zero-order valence-electron chi connectivity index (χ0n) is 14.3. The maximum absolute atomic E-state index is 12.5. The third kappa shape index (κ3) is 5.40. The van der Waals surface area contributed by atoms with Crippen molar-refractivity contribution in [2.45, 2.75) is 25.7 Å². The molecule has 1 aromatic rings. The van der Waals surface area contributed by atoms with Crippen LogP contribution in [0.5, 0.6) is 0 Å². The van der Waals surface area contributed by atoms with Crippen molar-refractivity contribution < 1.29 is 24.2 Å². The van der Waals surface area contributed by atoms with Gasteiger partial charge in [-0.05, 0) is 36.6 Å². The summed E-state index contributed by atoms with van der Waals surface area (Å²) in [4.78, 5) is 36.5. The van der Waals surface area contributed by atoms with E-state index in [0.29, 0.717) is 34.2 Å². The average molecular weight is 393 g/mol. The lowest BCUT2D eigenvalue weighted by atomic mass is 10.1. The smallest absolute Gasteiger partial charge is 0.337 e. The van der Waals surface area contributed by atoms with Crippen molar-refractivity contribution in [2.24, 2.45) is 0 Å². The Bertz CT molecular complexity index is 742. The van der Waals surface area contributed by atoms with E-state index in [4.69, 9.17) is 17.3 Å². The number of aliphatic carboxylic acids is 1. The van der Waals surface area contributed by atoms with Crippen molar-refractivity contribution >= 4 is 52.2 Å². The fourth-order valence-electron chi connectivity index (χ4n) is 2.40. The van der Waals surface area contributed by atoms with E-state index in [1.54, 1.807) is 35.2 Å². The van der Waals surface area contributed by atoms with E-state index in [-0.39, 0.29) is 12.3 Å². The number of thiocarbonyl (C=S) groups is 1. The van der Waals surface area contributed by atoms with Crippen LogP contribution in [0.25, 0.3) is 6.08 Å². The van der Waals surface area contributed by atoms with Gasteiger partial charge in [-0.25, -0.2) is 4.79 Å². The summed E-state index contributed by atoms with van der Waals surface area (Å²) in [5.41, 5.74) is 1.23. The number of thioether (sulfide) groups is 1. The van der Waals surface area contributed by atoms with Crippen molar-refractivity contribution in [3.63, 3.8) is 0 Å². The van der Waals surface area contributed by atoms with Gasteiger partial charge in [-0.2, -0.15) is 0 Å². The molecule has 0 aliphatic carbocycles. The number of hydrogen-bond donors (Lipinski definition) is 1. The molecule has 1 aliphatic rings. The first-order valence-electron chi connectivity index (χ1n) is 8.08. The van der Waals surface area contributed by atoms with Crippen LogP contribution in [0.3, 0.4) is 0 Å². The molecule has 138 valence electrons. The summed E-state index contributed by atoms with van der Waals surface area (Å²) in [5, 5.41) is 8.62. The number of methoxy groups -OCH3 is 1. The standard InChI is InChI=1S/C18H19NO5S2/c1-24-17(23)13-8-6-12(7-9-13)11-14-16(22)19(18(25)26-14)10-4-2-3-5-15(20)21/h6-9,11H,2-5,10H2,1H3,(H,20,21)/b14-11-. The predicted molar refractivity (Wildman–Crippen MR) is 104 cm³/mol. The Kier molecular flexibility index (Phi) is 7.35. The van der Waals surface area contributed by atoms with E-state index < -0.39 is 11.9 Å². The van der Waals surface area contributed by atoms with E-state index in [0.717, 1.165) is 12.0 Å². The Labute approximate surface area is 161 Å². The van der Waals surface area contributed by atoms with Crippen molar-refractivity contribution in [1.29, 1.82) is 0 Å². The lowest BCUT2D eigenvalue weighted by Crippen LogP contribution is -2.29. The SMILES string of the molecule is COC(=O)c1ccc(/C=C2\SC(=S)N(CCCCCC(=O)O)C2=O)cc1. The molecule has 1 amide bonds. The van der Waals surface area contributed by atoms with Gasteiger partial charge in [0.15, 0.2) is 0 Å². The number of amides is 1. The molecule has 0 saturated carbocycles. The summed E-state index contributed by atoms with van der Waals surface area (Å²) in [6.45, 7) is 0.489. The lowest BCUT2D eigenvalue weighted by Gasteiger charge is -2.13. The first-order valence-corrected chi connectivity index (χ1v) is 9.30. The molecule has 0 atom stereocenters. The molecule has 0 unspecified atom stereocenters. The van der Waals surface area contributed by atoms with Gasteiger partial charge in [0.25, 0.3) is 5.91 Å². The highest BCUT2D eigenvalue weighted by atomic mass is 32.2. The molecule has 8 heteroatoms. The van der Waals surface area contributed by atoms with Crippen LogP contribution in [0.4, 0.5) is 0 Å². The first kappa shape index (κ1) is 20.1. The van der Waals surface area contributed by atoms with Gasteiger partial charge in [-0.3, -0.25) is 14.5 Å². The molecule has 1 aliphatic heterocycles. The summed E-state index contributed by atoms with van der Waals surface area (Å²) in [5.74, 6) is -1.36. The van der Waals surface area contributed by atoms with Gasteiger partial charge in [-0.1, -0.05) is 42.5 Å². The molecule has 1 N–H and O–H groups in total. The van der Waals surface area contributed by atoms with Crippen LogP contribution in [0.15, 0.2) is 29.2 Å². The maximum atomic E-state index is 12.5. The molecular formula is C18H19NO5S2. The molecule has 0 aromatic heterocycles. The number of carbonyl (C=O) groups is 3. The Hall–Kier alpha value is -2.19. The normalized spacial score (nSPS) is 15.6. The van der Waals surface area contributed by atoms with Crippen LogP contribution in [0.2, 0.25) is 0 Å². The molecule has 1 fully saturated rings. The highest BCUT2D eigenvalue weighted by molar-refractivity contribution is 8.26. The van der Waals surface area contributed by atoms with Crippen molar-refractivity contribution in [3.8, 4) is 0 Å². The largest absolute Gasteiger partial charge is 0.481 e. The molecule has 26 heavy (non-hydrogen) atoms. The molecule has 0 spiro atoms. The molecule has 1 aromatic carbocycles. The minimum atomic E-state index is -0.809. The maximum Gasteiger partial charge on any atom is 0.337 e. The highest BCUT2D eigenvalue weighted by Gasteiger charge is 2.31. The number of benzene rings is 1. The number of hydrogen-bond acceptors (Lipinski definition) is 6. The molecule has 2 rings (SSSR count). The Morgan fingerprint density at radius 1 is 1.23 bits per heavy atom. The number of carboxylic acids is 1. The van der Waals surface area contributed by atoms with Gasteiger partial charge >= 0.3 is 11.9 Å². The van der Waals surface area contributed by atoms with E-state index in [1.807, 2.05) is 0 Å². The number of ether oxygens (including phenoxy) is 1. The molecule has 6 nitrogen and oxygen atoms in total. The summed E-state index contributed by atoms with van der Waals surface area (Å²) in [6.07, 6.45) is 3.91. The second-order valence-corrected chi connectivity index (χ2v) is 7.33. The highest BCUT2D eigenvalue weighted by Crippen LogP contribution is 2.32. The van der Waals surface area contributed by atoms with E-state index in [2.05, 4.69) is 4.74 Å². The van der Waals surface area contributed by atoms with Crippen LogP contribution >= 0.6 is 24.0 Å². The number of rotatable bonds is 8. The van der Waals surface area contributed by atoms with Crippen LogP contribution in [-0.2, 0) is 14.3 Å². The molecule has 0 bridgehead atoms. The monoisotopic (exact) mass is 393 g/mol. The second-order valence-electron chi connectivity index (χ2n) is 5.65. The number of carboxylic acid groups (broad SMARTS) is 1. The van der Waals surface area contributed by atoms with Crippen LogP contribution in [-0.4, -0.2) is 45.8 Å². The van der Waals surface area contributed by atoms with Crippen molar-refractivity contribution in [2.75, 3.05) is 13.7 Å². The topological polar surface area (TPSA) is 83.9 Å². The molecule has 0 radical (unpaired) electrons. The number of carbonyl (C=O) groups excluding carboxylic acids is 2. The number of esters is 1. The van der Waals surface area contributed by atoms with Crippen LogP contribution < -0.4 is 0 Å². The fraction of sp³-hybridized carbons (Fsp3) is 0.333. The van der Waals surface area contributed by atoms with Crippen LogP contribution in [0.1, 0.15) is 41.6 Å². The van der Waals surface area contributed by atoms with Gasteiger partial charge in [0.2, 0.25) is 0 Å². The molecular weight excluding hydrogens is 374 g/mol. The summed E-state index contributed by atoms with van der Waals surface area (Å²) in [6, 6.07) is 6.76. The number of unbranched alkanes of at least 4 members (excludes halogenated alkanes) is 2. The van der Waals surface area contributed by atoms with Gasteiger partial charge in [-0.15, -0.1) is 0 Å². The minimum Gasteiger partial charge on any atom is -0.481 e. The van der Waals surface area contributed by atoms with Gasteiger partial charge in [0, 0.05) is 13.0 Å². The van der Waals surface area contributed by atoms with Gasteiger partial charge in [0.05, 0.1) is 17.6 Å². The van der Waals surface area contributed by atoms with Crippen molar-refractivity contribution in [3.05, 3.63) is 40.3 Å². The fourth-order valence-corrected chi connectivity index (χ4v) is 3.71. The van der Waals surface area contributed by atoms with Gasteiger partial charge in [0.1, 0.15) is 4.32 Å². The summed E-state index contributed by atoms with van der Waals surface area (Å²) in [7, 11) is 1.32. The Morgan fingerprint density at radius 3 is 2.54 bits per heavy atom. The minimum absolute atomic E-state index is 0.139. The summed E-state index contributed by atoms with van der Waals surface area (Å²) >= 11 is 6.52. The van der Waals surface area contributed by atoms with Crippen LogP contribution in [0, 0.1) is 0 Å². The third-order valence-corrected chi connectivity index (χ3v) is 5.15. The van der Waals surface area contributed by atoms with E-state index in [1.165, 1.54) is 18.9 Å². The average Bonchev–Trinajstić information content (AvgIpc) is 2.88. The first-order chi connectivity index (χ1) is 12.4. The van der Waals surface area contributed by atoms with Gasteiger partial charge < -0.3 is 9.84 Å². The Morgan fingerprint density at radius 2 is 1.92 bits per heavy atom. The Balaban J connectivity index is 1.95. The second kappa shape index (κ2) is 9.49. The molecule has 1 heterocycles. The summed E-state index contributed by atoms with van der Waals surface area (Å²) < 4.78 is 5.16. The predicted octanol–water partition coefficient (Wildman–Crippen LogP) is 3.32. The molecule has 1 saturated heterocycles. The third-order valence-electron chi connectivity index (χ3n) is 3.78. The zero-order chi connectivity index (χ0) is 19.1. The lowest BCUT2D eigenvalue weighted by molar-refractivity contribution is -0.137.